The summed E-state index contributed by atoms with van der Waals surface area (Å²) in [5.74, 6) is 0. The van der Waals surface area contributed by atoms with E-state index >= 15 is 0 Å². The van der Waals surface area contributed by atoms with Gasteiger partial charge in [-0.25, -0.2) is 4.79 Å². The average Bonchev–Trinajstić information content (AvgIpc) is 2.10. The zero-order chi connectivity index (χ0) is 12.6. The molecule has 0 saturated carbocycles. The molecular weight excluding hydrogens is 202 g/mol. The van der Waals surface area contributed by atoms with E-state index in [1.165, 1.54) is 0 Å². The Labute approximate surface area is 99.1 Å². The van der Waals surface area contributed by atoms with Gasteiger partial charge in [-0.2, -0.15) is 0 Å². The molecule has 16 heavy (non-hydrogen) atoms. The van der Waals surface area contributed by atoms with Gasteiger partial charge in [-0.3, -0.25) is 0 Å². The van der Waals surface area contributed by atoms with Crippen LogP contribution in [0.3, 0.4) is 0 Å². The van der Waals surface area contributed by atoms with Crippen LogP contribution in [0.2, 0.25) is 0 Å². The minimum Gasteiger partial charge on any atom is -0.338 e. The van der Waals surface area contributed by atoms with E-state index in [2.05, 4.69) is 36.3 Å². The first-order chi connectivity index (χ1) is 7.31. The zero-order valence-electron chi connectivity index (χ0n) is 11.1. The van der Waals surface area contributed by atoms with Crippen molar-refractivity contribution >= 4 is 6.03 Å². The fourth-order valence-corrected chi connectivity index (χ4v) is 1.02. The molecule has 4 heteroatoms. The lowest BCUT2D eigenvalue weighted by atomic mass is 9.97. The molecule has 2 amide bonds. The fraction of sp³-hybridized carbons (Fsp3) is 0.750. The van der Waals surface area contributed by atoms with Crippen molar-refractivity contribution in [1.82, 2.24) is 15.5 Å². The molecule has 2 N–H and O–H groups in total. The largest absolute Gasteiger partial charge is 0.338 e. The Balaban J connectivity index is 3.56. The number of amides is 2. The zero-order valence-corrected chi connectivity index (χ0v) is 11.1. The number of nitrogens with zero attached hydrogens (tertiary/aromatic N) is 1. The first kappa shape index (κ1) is 15.0. The van der Waals surface area contributed by atoms with E-state index in [9.17, 15) is 4.79 Å². The fourth-order valence-electron chi connectivity index (χ4n) is 1.02. The normalized spacial score (nSPS) is 12.1. The topological polar surface area (TPSA) is 44.4 Å². The summed E-state index contributed by atoms with van der Waals surface area (Å²) in [5, 5.41) is 5.48. The van der Waals surface area contributed by atoms with Crippen LogP contribution in [0.4, 0.5) is 4.79 Å². The molecule has 0 rings (SSSR count). The standard InChI is InChI=1S/C12H25N3O/c1-12(2,3)7-9-14-11(16)13-8-6-10-15(4)5/h7,9H,6,8,10H2,1-5H3,(H2,13,14,16)/b9-7+. The van der Waals surface area contributed by atoms with Crippen LogP contribution in [0.1, 0.15) is 27.2 Å². The van der Waals surface area contributed by atoms with Crippen LogP contribution in [-0.2, 0) is 0 Å². The SMILES string of the molecule is CN(C)CCCNC(=O)N/C=C/C(C)(C)C. The monoisotopic (exact) mass is 227 g/mol. The lowest BCUT2D eigenvalue weighted by Gasteiger charge is -2.12. The first-order valence-electron chi connectivity index (χ1n) is 5.68. The van der Waals surface area contributed by atoms with E-state index < -0.39 is 0 Å². The smallest absolute Gasteiger partial charge is 0.318 e. The average molecular weight is 227 g/mol. The van der Waals surface area contributed by atoms with Crippen molar-refractivity contribution in [3.63, 3.8) is 0 Å². The van der Waals surface area contributed by atoms with E-state index in [-0.39, 0.29) is 11.4 Å². The van der Waals surface area contributed by atoms with Gasteiger partial charge in [0.25, 0.3) is 0 Å². The van der Waals surface area contributed by atoms with Crippen LogP contribution in [0.5, 0.6) is 0 Å². The van der Waals surface area contributed by atoms with Crippen molar-refractivity contribution in [1.29, 1.82) is 0 Å². The van der Waals surface area contributed by atoms with E-state index in [1.807, 2.05) is 20.2 Å². The molecule has 0 aliphatic carbocycles. The van der Waals surface area contributed by atoms with Crippen molar-refractivity contribution in [3.8, 4) is 0 Å². The van der Waals surface area contributed by atoms with Crippen LogP contribution < -0.4 is 10.6 Å². The van der Waals surface area contributed by atoms with E-state index in [1.54, 1.807) is 6.20 Å². The second-order valence-electron chi connectivity index (χ2n) is 5.26. The van der Waals surface area contributed by atoms with Gasteiger partial charge in [0.2, 0.25) is 0 Å². The third-order valence-corrected chi connectivity index (χ3v) is 1.87. The molecule has 0 spiro atoms. The number of hydrogen-bond donors (Lipinski definition) is 2. The summed E-state index contributed by atoms with van der Waals surface area (Å²) in [5.41, 5.74) is 0.0954. The molecule has 0 saturated heterocycles. The Morgan fingerprint density at radius 3 is 2.44 bits per heavy atom. The van der Waals surface area contributed by atoms with Crippen LogP contribution in [0.25, 0.3) is 0 Å². The van der Waals surface area contributed by atoms with Crippen molar-refractivity contribution in [2.75, 3.05) is 27.2 Å². The number of rotatable bonds is 5. The van der Waals surface area contributed by atoms with Gasteiger partial charge in [-0.1, -0.05) is 26.8 Å². The van der Waals surface area contributed by atoms with Crippen molar-refractivity contribution in [2.24, 2.45) is 5.41 Å². The van der Waals surface area contributed by atoms with Gasteiger partial charge in [-0.05, 0) is 32.5 Å². The van der Waals surface area contributed by atoms with Crippen LogP contribution >= 0.6 is 0 Å². The van der Waals surface area contributed by atoms with E-state index in [4.69, 9.17) is 0 Å². The Morgan fingerprint density at radius 2 is 1.94 bits per heavy atom. The maximum absolute atomic E-state index is 11.3. The molecule has 0 atom stereocenters. The van der Waals surface area contributed by atoms with E-state index in [0.717, 1.165) is 13.0 Å². The minimum absolute atomic E-state index is 0.0954. The third-order valence-electron chi connectivity index (χ3n) is 1.87. The van der Waals surface area contributed by atoms with Crippen LogP contribution in [0, 0.1) is 5.41 Å². The molecule has 0 bridgehead atoms. The number of urea groups is 1. The van der Waals surface area contributed by atoms with Crippen molar-refractivity contribution < 1.29 is 4.79 Å². The predicted octanol–water partition coefficient (Wildman–Crippen LogP) is 1.80. The van der Waals surface area contributed by atoms with Crippen LogP contribution in [-0.4, -0.2) is 38.1 Å². The highest BCUT2D eigenvalue weighted by molar-refractivity contribution is 5.74. The maximum Gasteiger partial charge on any atom is 0.318 e. The molecule has 0 aliphatic rings. The highest BCUT2D eigenvalue weighted by Gasteiger charge is 2.03. The Kier molecular flexibility index (Phi) is 6.81. The van der Waals surface area contributed by atoms with Gasteiger partial charge in [0, 0.05) is 12.7 Å². The van der Waals surface area contributed by atoms with Crippen molar-refractivity contribution in [3.05, 3.63) is 12.3 Å². The van der Waals surface area contributed by atoms with Gasteiger partial charge in [-0.15, -0.1) is 0 Å². The first-order valence-corrected chi connectivity index (χ1v) is 5.68. The highest BCUT2D eigenvalue weighted by Crippen LogP contribution is 2.13. The second kappa shape index (κ2) is 7.28. The summed E-state index contributed by atoms with van der Waals surface area (Å²) < 4.78 is 0. The summed E-state index contributed by atoms with van der Waals surface area (Å²) in [7, 11) is 4.04. The summed E-state index contributed by atoms with van der Waals surface area (Å²) in [6.07, 6.45) is 4.62. The molecule has 0 fully saturated rings. The molecule has 0 aliphatic heterocycles. The van der Waals surface area contributed by atoms with Crippen molar-refractivity contribution in [2.45, 2.75) is 27.2 Å². The van der Waals surface area contributed by atoms with Crippen LogP contribution in [0.15, 0.2) is 12.3 Å². The number of carbonyl (C=O) groups is 1. The molecular formula is C12H25N3O. The van der Waals surface area contributed by atoms with Gasteiger partial charge >= 0.3 is 6.03 Å². The molecule has 0 radical (unpaired) electrons. The molecule has 0 aromatic carbocycles. The molecule has 0 unspecified atom stereocenters. The van der Waals surface area contributed by atoms with E-state index in [0.29, 0.717) is 6.54 Å². The molecule has 0 aromatic heterocycles. The summed E-state index contributed by atoms with van der Waals surface area (Å²) in [6, 6.07) is -0.140. The predicted molar refractivity (Wildman–Crippen MR) is 68.3 cm³/mol. The Hall–Kier alpha value is -1.03. The molecule has 0 heterocycles. The van der Waals surface area contributed by atoms with Gasteiger partial charge in [0.15, 0.2) is 0 Å². The molecule has 0 aromatic rings. The quantitative estimate of drug-likeness (QED) is 0.703. The Morgan fingerprint density at radius 1 is 1.31 bits per heavy atom. The lowest BCUT2D eigenvalue weighted by Crippen LogP contribution is -2.34. The summed E-state index contributed by atoms with van der Waals surface area (Å²) in [4.78, 5) is 13.4. The number of hydrogen-bond acceptors (Lipinski definition) is 2. The number of carbonyl (C=O) groups excluding carboxylic acids is 1. The van der Waals surface area contributed by atoms with Gasteiger partial charge in [0.05, 0.1) is 0 Å². The lowest BCUT2D eigenvalue weighted by molar-refractivity contribution is 0.243. The van der Waals surface area contributed by atoms with Gasteiger partial charge < -0.3 is 15.5 Å². The minimum atomic E-state index is -0.140. The third kappa shape index (κ3) is 11.0. The molecule has 94 valence electrons. The summed E-state index contributed by atoms with van der Waals surface area (Å²) in [6.45, 7) is 7.94. The maximum atomic E-state index is 11.3. The van der Waals surface area contributed by atoms with Gasteiger partial charge in [0.1, 0.15) is 0 Å². The molecule has 4 nitrogen and oxygen atoms in total. The number of allylic oxidation sites excluding steroid dienone is 1. The Bertz CT molecular complexity index is 229. The second-order valence-corrected chi connectivity index (χ2v) is 5.26. The highest BCUT2D eigenvalue weighted by atomic mass is 16.2. The number of nitrogens with one attached hydrogen (secondary N) is 2. The summed E-state index contributed by atoms with van der Waals surface area (Å²) >= 11 is 0.